The lowest BCUT2D eigenvalue weighted by atomic mass is 10.1. The highest BCUT2D eigenvalue weighted by molar-refractivity contribution is 7.18. The molecule has 0 radical (unpaired) electrons. The van der Waals surface area contributed by atoms with Crippen molar-refractivity contribution in [3.8, 4) is 0 Å². The third-order valence-corrected chi connectivity index (χ3v) is 6.63. The Morgan fingerprint density at radius 1 is 1.03 bits per heavy atom. The lowest BCUT2D eigenvalue weighted by Crippen LogP contribution is -2.23. The van der Waals surface area contributed by atoms with Crippen molar-refractivity contribution in [3.05, 3.63) is 87.3 Å². The van der Waals surface area contributed by atoms with Gasteiger partial charge in [-0.3, -0.25) is 19.0 Å². The van der Waals surface area contributed by atoms with Crippen LogP contribution in [0.3, 0.4) is 0 Å². The van der Waals surface area contributed by atoms with E-state index in [2.05, 4.69) is 15.6 Å². The smallest absolute Gasteiger partial charge is 0.341 e. The quantitative estimate of drug-likeness (QED) is 0.347. The van der Waals surface area contributed by atoms with Gasteiger partial charge in [0.05, 0.1) is 34.3 Å². The van der Waals surface area contributed by atoms with E-state index >= 15 is 0 Å². The fourth-order valence-electron chi connectivity index (χ4n) is 3.65. The third kappa shape index (κ3) is 5.33. The summed E-state index contributed by atoms with van der Waals surface area (Å²) in [7, 11) is 0. The number of benzene rings is 2. The molecule has 0 saturated heterocycles. The van der Waals surface area contributed by atoms with Gasteiger partial charge in [0.2, 0.25) is 5.91 Å². The average molecular weight is 505 g/mol. The summed E-state index contributed by atoms with van der Waals surface area (Å²) in [6.07, 6.45) is 1.37. The molecular weight excluding hydrogens is 480 g/mol. The second-order valence-corrected chi connectivity index (χ2v) is 8.88. The minimum Gasteiger partial charge on any atom is -0.462 e. The molecule has 10 heteroatoms. The predicted molar refractivity (Wildman–Crippen MR) is 139 cm³/mol. The first kappa shape index (κ1) is 24.8. The molecule has 4 aromatic rings. The van der Waals surface area contributed by atoms with Crippen LogP contribution < -0.4 is 16.2 Å². The fourth-order valence-corrected chi connectivity index (χ4v) is 4.76. The molecular formula is C26H24N4O5S. The van der Waals surface area contributed by atoms with E-state index in [1.165, 1.54) is 10.9 Å². The van der Waals surface area contributed by atoms with E-state index < -0.39 is 17.8 Å². The molecule has 0 bridgehead atoms. The van der Waals surface area contributed by atoms with Crippen molar-refractivity contribution in [1.29, 1.82) is 0 Å². The molecule has 2 heterocycles. The maximum Gasteiger partial charge on any atom is 0.341 e. The van der Waals surface area contributed by atoms with Gasteiger partial charge in [0.1, 0.15) is 5.00 Å². The SMILES string of the molecule is CCOC(=O)c1c(NC(=O)CCn2cnc3ccccc3c2=O)sc(C(=O)Nc2ccccc2)c1C. The molecule has 2 aromatic heterocycles. The number of hydrogen-bond acceptors (Lipinski definition) is 7. The second kappa shape index (κ2) is 11.0. The molecule has 2 amide bonds. The van der Waals surface area contributed by atoms with Gasteiger partial charge in [0, 0.05) is 18.7 Å². The van der Waals surface area contributed by atoms with E-state index in [9.17, 15) is 19.2 Å². The number of nitrogens with one attached hydrogen (secondary N) is 2. The summed E-state index contributed by atoms with van der Waals surface area (Å²) in [5.74, 6) is -1.45. The Morgan fingerprint density at radius 2 is 1.75 bits per heavy atom. The van der Waals surface area contributed by atoms with Crippen LogP contribution >= 0.6 is 11.3 Å². The van der Waals surface area contributed by atoms with E-state index in [0.717, 1.165) is 11.3 Å². The zero-order valence-electron chi connectivity index (χ0n) is 19.7. The van der Waals surface area contributed by atoms with Crippen LogP contribution in [-0.2, 0) is 16.1 Å². The van der Waals surface area contributed by atoms with Crippen molar-refractivity contribution in [1.82, 2.24) is 9.55 Å². The number of para-hydroxylation sites is 2. The molecule has 0 spiro atoms. The highest BCUT2D eigenvalue weighted by Crippen LogP contribution is 2.34. The van der Waals surface area contributed by atoms with Gasteiger partial charge in [-0.1, -0.05) is 30.3 Å². The van der Waals surface area contributed by atoms with Crippen LogP contribution in [0.4, 0.5) is 10.7 Å². The van der Waals surface area contributed by atoms with E-state index in [4.69, 9.17) is 4.74 Å². The van der Waals surface area contributed by atoms with Gasteiger partial charge < -0.3 is 15.4 Å². The maximum atomic E-state index is 12.9. The number of nitrogens with zero attached hydrogens (tertiary/aromatic N) is 2. The number of esters is 1. The summed E-state index contributed by atoms with van der Waals surface area (Å²) >= 11 is 0.997. The Balaban J connectivity index is 1.54. The largest absolute Gasteiger partial charge is 0.462 e. The summed E-state index contributed by atoms with van der Waals surface area (Å²) in [6, 6.07) is 15.9. The molecule has 184 valence electrons. The summed E-state index contributed by atoms with van der Waals surface area (Å²) in [6.45, 7) is 3.56. The van der Waals surface area contributed by atoms with Crippen molar-refractivity contribution in [2.24, 2.45) is 0 Å². The summed E-state index contributed by atoms with van der Waals surface area (Å²) in [5.41, 5.74) is 1.49. The van der Waals surface area contributed by atoms with Gasteiger partial charge in [-0.2, -0.15) is 0 Å². The van der Waals surface area contributed by atoms with Gasteiger partial charge in [0.15, 0.2) is 0 Å². The summed E-state index contributed by atoms with van der Waals surface area (Å²) < 4.78 is 6.53. The normalized spacial score (nSPS) is 10.7. The standard InChI is InChI=1S/C26H24N4O5S/c1-3-35-26(34)21-16(2)22(23(32)28-17-9-5-4-6-10-17)36-24(21)29-20(31)13-14-30-15-27-19-12-8-7-11-18(19)25(30)33/h4-12,15H,3,13-14H2,1-2H3,(H,28,32)(H,29,31). The number of anilines is 2. The number of rotatable bonds is 8. The van der Waals surface area contributed by atoms with E-state index in [-0.39, 0.29) is 40.6 Å². The topological polar surface area (TPSA) is 119 Å². The molecule has 0 unspecified atom stereocenters. The number of thiophene rings is 1. The van der Waals surface area contributed by atoms with E-state index in [0.29, 0.717) is 22.2 Å². The Labute approximate surface area is 210 Å². The van der Waals surface area contributed by atoms with E-state index in [1.807, 2.05) is 6.07 Å². The lowest BCUT2D eigenvalue weighted by Gasteiger charge is -2.08. The monoisotopic (exact) mass is 504 g/mol. The van der Waals surface area contributed by atoms with Crippen molar-refractivity contribution < 1.29 is 19.1 Å². The van der Waals surface area contributed by atoms with Crippen LogP contribution in [0.5, 0.6) is 0 Å². The summed E-state index contributed by atoms with van der Waals surface area (Å²) in [5, 5.41) is 6.20. The fraction of sp³-hybridized carbons (Fsp3) is 0.192. The first-order valence-electron chi connectivity index (χ1n) is 11.3. The molecule has 36 heavy (non-hydrogen) atoms. The van der Waals surface area contributed by atoms with Crippen LogP contribution in [0.2, 0.25) is 0 Å². The van der Waals surface area contributed by atoms with Gasteiger partial charge in [0.25, 0.3) is 11.5 Å². The molecule has 0 aliphatic rings. The molecule has 0 aliphatic heterocycles. The zero-order valence-corrected chi connectivity index (χ0v) is 20.6. The van der Waals surface area contributed by atoms with Gasteiger partial charge >= 0.3 is 5.97 Å². The van der Waals surface area contributed by atoms with Crippen molar-refractivity contribution in [2.75, 3.05) is 17.2 Å². The molecule has 2 aromatic carbocycles. The van der Waals surface area contributed by atoms with Gasteiger partial charge in [-0.25, -0.2) is 9.78 Å². The van der Waals surface area contributed by atoms with Crippen LogP contribution in [0, 0.1) is 6.92 Å². The second-order valence-electron chi connectivity index (χ2n) is 7.86. The molecule has 2 N–H and O–H groups in total. The number of carbonyl (C=O) groups is 3. The highest BCUT2D eigenvalue weighted by Gasteiger charge is 2.26. The average Bonchev–Trinajstić information content (AvgIpc) is 3.20. The molecule has 0 fully saturated rings. The third-order valence-electron chi connectivity index (χ3n) is 5.43. The number of amides is 2. The Bertz CT molecular complexity index is 1490. The van der Waals surface area contributed by atoms with Crippen LogP contribution in [0.1, 0.15) is 38.9 Å². The number of ether oxygens (including phenoxy) is 1. The minimum atomic E-state index is -0.629. The lowest BCUT2D eigenvalue weighted by molar-refractivity contribution is -0.116. The van der Waals surface area contributed by atoms with Gasteiger partial charge in [-0.05, 0) is 43.7 Å². The van der Waals surface area contributed by atoms with Crippen molar-refractivity contribution in [3.63, 3.8) is 0 Å². The van der Waals surface area contributed by atoms with Crippen molar-refractivity contribution in [2.45, 2.75) is 26.8 Å². The minimum absolute atomic E-state index is 0.0370. The number of fused-ring (bicyclic) bond motifs is 1. The van der Waals surface area contributed by atoms with Crippen LogP contribution in [0.15, 0.2) is 65.7 Å². The molecule has 0 atom stereocenters. The van der Waals surface area contributed by atoms with Crippen LogP contribution in [0.25, 0.3) is 10.9 Å². The molecule has 9 nitrogen and oxygen atoms in total. The number of hydrogen-bond donors (Lipinski definition) is 2. The predicted octanol–water partition coefficient (Wildman–Crippen LogP) is 4.22. The first-order valence-corrected chi connectivity index (χ1v) is 12.1. The van der Waals surface area contributed by atoms with Crippen LogP contribution in [-0.4, -0.2) is 33.9 Å². The molecule has 0 saturated carbocycles. The molecule has 4 rings (SSSR count). The zero-order chi connectivity index (χ0) is 25.7. The molecule has 0 aliphatic carbocycles. The maximum absolute atomic E-state index is 12.9. The first-order chi connectivity index (χ1) is 17.4. The van der Waals surface area contributed by atoms with Gasteiger partial charge in [-0.15, -0.1) is 11.3 Å². The summed E-state index contributed by atoms with van der Waals surface area (Å²) in [4.78, 5) is 55.6. The number of aryl methyl sites for hydroxylation is 1. The number of carbonyl (C=O) groups excluding carboxylic acids is 3. The highest BCUT2D eigenvalue weighted by atomic mass is 32.1. The number of aromatic nitrogens is 2. The Hall–Kier alpha value is -4.31. The van der Waals surface area contributed by atoms with E-state index in [1.54, 1.807) is 62.4 Å². The Morgan fingerprint density at radius 3 is 2.50 bits per heavy atom. The Kier molecular flexibility index (Phi) is 7.55. The van der Waals surface area contributed by atoms with Crippen molar-refractivity contribution >= 4 is 50.7 Å².